The Bertz CT molecular complexity index is 534. The first-order valence-electron chi connectivity index (χ1n) is 6.65. The maximum absolute atomic E-state index is 11.1. The van der Waals surface area contributed by atoms with Gasteiger partial charge in [-0.3, -0.25) is 15.0 Å². The maximum atomic E-state index is 11.1. The summed E-state index contributed by atoms with van der Waals surface area (Å²) in [7, 11) is 0. The summed E-state index contributed by atoms with van der Waals surface area (Å²) < 4.78 is 0. The second-order valence-corrected chi connectivity index (χ2v) is 4.90. The molecule has 2 heterocycles. The Labute approximate surface area is 117 Å². The molecule has 0 amide bonds. The minimum Gasteiger partial charge on any atom is -0.363 e. The van der Waals surface area contributed by atoms with Crippen LogP contribution in [0.25, 0.3) is 0 Å². The minimum atomic E-state index is -0.561. The molecule has 106 valence electrons. The Kier molecular flexibility index (Phi) is 4.48. The number of aromatic nitrogens is 1. The van der Waals surface area contributed by atoms with Crippen molar-refractivity contribution in [3.8, 4) is 6.07 Å². The van der Waals surface area contributed by atoms with Crippen molar-refractivity contribution in [2.45, 2.75) is 25.8 Å². The van der Waals surface area contributed by atoms with Crippen LogP contribution in [0.3, 0.4) is 0 Å². The van der Waals surface area contributed by atoms with Crippen molar-refractivity contribution in [1.82, 2.24) is 9.88 Å². The zero-order chi connectivity index (χ0) is 14.5. The van der Waals surface area contributed by atoms with Crippen LogP contribution >= 0.6 is 0 Å². The van der Waals surface area contributed by atoms with Crippen LogP contribution in [0.1, 0.15) is 25.3 Å². The van der Waals surface area contributed by atoms with Crippen molar-refractivity contribution < 1.29 is 4.92 Å². The lowest BCUT2D eigenvalue weighted by atomic mass is 10.2. The van der Waals surface area contributed by atoms with Crippen molar-refractivity contribution in [3.05, 3.63) is 27.9 Å². The summed E-state index contributed by atoms with van der Waals surface area (Å²) in [5.74, 6) is 0.167. The molecule has 0 bridgehead atoms. The Hall–Kier alpha value is -2.20. The summed E-state index contributed by atoms with van der Waals surface area (Å²) in [5.41, 5.74) is -0.218. The molecule has 7 nitrogen and oxygen atoms in total. The van der Waals surface area contributed by atoms with Crippen molar-refractivity contribution in [2.75, 3.05) is 25.0 Å². The average Bonchev–Trinajstić information content (AvgIpc) is 2.98. The predicted molar refractivity (Wildman–Crippen MR) is 74.4 cm³/mol. The Balaban J connectivity index is 2.09. The zero-order valence-corrected chi connectivity index (χ0v) is 11.4. The molecule has 20 heavy (non-hydrogen) atoms. The summed E-state index contributed by atoms with van der Waals surface area (Å²) in [6.45, 7) is 4.79. The van der Waals surface area contributed by atoms with E-state index in [1.165, 1.54) is 25.1 Å². The fraction of sp³-hybridized carbons (Fsp3) is 0.538. The molecule has 0 radical (unpaired) electrons. The molecule has 0 aliphatic carbocycles. The molecule has 1 aromatic rings. The number of anilines is 1. The van der Waals surface area contributed by atoms with Crippen LogP contribution in [-0.2, 0) is 0 Å². The lowest BCUT2D eigenvalue weighted by molar-refractivity contribution is -0.384. The predicted octanol–water partition coefficient (Wildman–Crippen LogP) is 1.76. The summed E-state index contributed by atoms with van der Waals surface area (Å²) in [6, 6.07) is 3.46. The fourth-order valence-electron chi connectivity index (χ4n) is 2.41. The first-order chi connectivity index (χ1) is 9.63. The quantitative estimate of drug-likeness (QED) is 0.649. The van der Waals surface area contributed by atoms with Crippen LogP contribution in [0.2, 0.25) is 0 Å². The first-order valence-corrected chi connectivity index (χ1v) is 6.65. The molecular weight excluding hydrogens is 258 g/mol. The number of hydrogen-bond acceptors (Lipinski definition) is 6. The molecule has 1 fully saturated rings. The highest BCUT2D eigenvalue weighted by Crippen LogP contribution is 2.25. The monoisotopic (exact) mass is 275 g/mol. The van der Waals surface area contributed by atoms with Gasteiger partial charge in [0, 0.05) is 18.8 Å². The van der Waals surface area contributed by atoms with Gasteiger partial charge < -0.3 is 5.32 Å². The summed E-state index contributed by atoms with van der Waals surface area (Å²) in [5, 5.41) is 23.0. The standard InChI is InChI=1S/C13H17N5O2/c1-10(17-6-2-3-7-17)9-16-13-12(18(19)20)11(8-14)4-5-15-13/h4-5,10H,2-3,6-7,9H2,1H3,(H,15,16). The lowest BCUT2D eigenvalue weighted by Crippen LogP contribution is -2.35. The topological polar surface area (TPSA) is 95.1 Å². The number of nitrogens with zero attached hydrogens (tertiary/aromatic N) is 4. The Morgan fingerprint density at radius 1 is 1.60 bits per heavy atom. The van der Waals surface area contributed by atoms with Gasteiger partial charge in [-0.05, 0) is 38.9 Å². The molecule has 7 heteroatoms. The molecule has 1 saturated heterocycles. The van der Waals surface area contributed by atoms with E-state index < -0.39 is 4.92 Å². The number of nitriles is 1. The van der Waals surface area contributed by atoms with Gasteiger partial charge >= 0.3 is 5.69 Å². The average molecular weight is 275 g/mol. The third-order valence-corrected chi connectivity index (χ3v) is 3.56. The third-order valence-electron chi connectivity index (χ3n) is 3.56. The van der Waals surface area contributed by atoms with E-state index in [1.54, 1.807) is 0 Å². The highest BCUT2D eigenvalue weighted by atomic mass is 16.6. The van der Waals surface area contributed by atoms with E-state index in [-0.39, 0.29) is 23.1 Å². The van der Waals surface area contributed by atoms with E-state index in [0.29, 0.717) is 6.54 Å². The summed E-state index contributed by atoms with van der Waals surface area (Å²) in [4.78, 5) is 16.8. The van der Waals surface area contributed by atoms with Crippen molar-refractivity contribution >= 4 is 11.5 Å². The molecule has 1 unspecified atom stereocenters. The van der Waals surface area contributed by atoms with Crippen LogP contribution in [0, 0.1) is 21.4 Å². The van der Waals surface area contributed by atoms with E-state index in [4.69, 9.17) is 5.26 Å². The Morgan fingerprint density at radius 3 is 2.90 bits per heavy atom. The van der Waals surface area contributed by atoms with Crippen LogP contribution in [0.15, 0.2) is 12.3 Å². The second kappa shape index (κ2) is 6.30. The highest BCUT2D eigenvalue weighted by Gasteiger charge is 2.23. The van der Waals surface area contributed by atoms with Gasteiger partial charge in [-0.1, -0.05) is 0 Å². The summed E-state index contributed by atoms with van der Waals surface area (Å²) in [6.07, 6.45) is 3.81. The van der Waals surface area contributed by atoms with Gasteiger partial charge in [0.1, 0.15) is 11.6 Å². The first kappa shape index (κ1) is 14.2. The van der Waals surface area contributed by atoms with Gasteiger partial charge in [0.05, 0.1) is 4.92 Å². The van der Waals surface area contributed by atoms with Gasteiger partial charge in [-0.2, -0.15) is 5.26 Å². The normalized spacial score (nSPS) is 16.6. The summed E-state index contributed by atoms with van der Waals surface area (Å²) >= 11 is 0. The Morgan fingerprint density at radius 2 is 2.30 bits per heavy atom. The molecule has 1 atom stereocenters. The van der Waals surface area contributed by atoms with Crippen LogP contribution in [0.4, 0.5) is 11.5 Å². The fourth-order valence-corrected chi connectivity index (χ4v) is 2.41. The van der Waals surface area contributed by atoms with E-state index in [2.05, 4.69) is 22.1 Å². The van der Waals surface area contributed by atoms with Crippen molar-refractivity contribution in [1.29, 1.82) is 5.26 Å². The molecule has 0 saturated carbocycles. The van der Waals surface area contributed by atoms with Crippen molar-refractivity contribution in [3.63, 3.8) is 0 Å². The smallest absolute Gasteiger partial charge is 0.328 e. The molecule has 1 aromatic heterocycles. The van der Waals surface area contributed by atoms with Crippen LogP contribution in [-0.4, -0.2) is 40.5 Å². The molecule has 1 N–H and O–H groups in total. The van der Waals surface area contributed by atoms with Gasteiger partial charge in [0.15, 0.2) is 0 Å². The number of pyridine rings is 1. The highest BCUT2D eigenvalue weighted by molar-refractivity contribution is 5.64. The SMILES string of the molecule is CC(CNc1nccc(C#N)c1[N+](=O)[O-])N1CCCC1. The van der Waals surface area contributed by atoms with Crippen LogP contribution in [0.5, 0.6) is 0 Å². The van der Waals surface area contributed by atoms with Crippen molar-refractivity contribution in [2.24, 2.45) is 0 Å². The largest absolute Gasteiger partial charge is 0.363 e. The molecule has 1 aliphatic rings. The number of rotatable bonds is 5. The second-order valence-electron chi connectivity index (χ2n) is 4.90. The molecule has 2 rings (SSSR count). The van der Waals surface area contributed by atoms with Gasteiger partial charge in [0.2, 0.25) is 5.82 Å². The van der Waals surface area contributed by atoms with E-state index >= 15 is 0 Å². The zero-order valence-electron chi connectivity index (χ0n) is 11.4. The number of nitrogens with one attached hydrogen (secondary N) is 1. The molecule has 1 aliphatic heterocycles. The molecule has 0 spiro atoms. The lowest BCUT2D eigenvalue weighted by Gasteiger charge is -2.23. The molecule has 0 aromatic carbocycles. The number of likely N-dealkylation sites (tertiary alicyclic amines) is 1. The van der Waals surface area contributed by atoms with Gasteiger partial charge in [-0.25, -0.2) is 4.98 Å². The van der Waals surface area contributed by atoms with Gasteiger partial charge in [-0.15, -0.1) is 0 Å². The van der Waals surface area contributed by atoms with E-state index in [0.717, 1.165) is 13.1 Å². The maximum Gasteiger partial charge on any atom is 0.328 e. The van der Waals surface area contributed by atoms with Gasteiger partial charge in [0.25, 0.3) is 0 Å². The minimum absolute atomic E-state index is 0.0290. The number of nitro groups is 1. The third kappa shape index (κ3) is 3.03. The molecular formula is C13H17N5O2. The number of hydrogen-bond donors (Lipinski definition) is 1. The van der Waals surface area contributed by atoms with Crippen LogP contribution < -0.4 is 5.32 Å². The van der Waals surface area contributed by atoms with E-state index in [1.807, 2.05) is 6.07 Å². The van der Waals surface area contributed by atoms with E-state index in [9.17, 15) is 10.1 Å².